The first-order valence-corrected chi connectivity index (χ1v) is 10.6. The van der Waals surface area contributed by atoms with Gasteiger partial charge in [-0.05, 0) is 19.8 Å². The molecule has 0 bridgehead atoms. The van der Waals surface area contributed by atoms with Crippen molar-refractivity contribution in [3.05, 3.63) is 27.2 Å². The van der Waals surface area contributed by atoms with Crippen LogP contribution in [0.3, 0.4) is 0 Å². The van der Waals surface area contributed by atoms with Crippen molar-refractivity contribution in [2.75, 3.05) is 26.2 Å². The van der Waals surface area contributed by atoms with Gasteiger partial charge in [0.1, 0.15) is 5.60 Å². The number of rotatable bonds is 3. The lowest BCUT2D eigenvalue weighted by atomic mass is 9.77. The zero-order valence-electron chi connectivity index (χ0n) is 18.2. The maximum atomic E-state index is 12.9. The highest BCUT2D eigenvalue weighted by Gasteiger charge is 2.50. The van der Waals surface area contributed by atoms with E-state index in [1.807, 2.05) is 0 Å². The number of imidazole rings is 1. The summed E-state index contributed by atoms with van der Waals surface area (Å²) in [5.74, 6) is 0.0433. The Morgan fingerprint density at radius 3 is 2.61 bits per heavy atom. The summed E-state index contributed by atoms with van der Waals surface area (Å²) in [4.78, 5) is 43.5. The molecule has 2 aliphatic heterocycles. The Morgan fingerprint density at radius 2 is 1.97 bits per heavy atom. The lowest BCUT2D eigenvalue weighted by molar-refractivity contribution is -0.201. The molecular formula is C20H30N6O5. The third-order valence-electron chi connectivity index (χ3n) is 6.85. The van der Waals surface area contributed by atoms with Gasteiger partial charge >= 0.3 is 5.69 Å². The summed E-state index contributed by atoms with van der Waals surface area (Å²) in [6.45, 7) is 3.24. The lowest BCUT2D eigenvalue weighted by Crippen LogP contribution is -2.57. The minimum atomic E-state index is -1.23. The van der Waals surface area contributed by atoms with Crippen LogP contribution in [0.15, 0.2) is 15.9 Å². The van der Waals surface area contributed by atoms with E-state index in [-0.39, 0.29) is 23.7 Å². The van der Waals surface area contributed by atoms with Gasteiger partial charge in [0, 0.05) is 46.6 Å². The number of piperidine rings is 1. The number of likely N-dealkylation sites (tertiary alicyclic amines) is 1. The minimum absolute atomic E-state index is 0.0433. The van der Waals surface area contributed by atoms with Crippen LogP contribution < -0.4 is 17.0 Å². The fourth-order valence-corrected chi connectivity index (χ4v) is 4.82. The van der Waals surface area contributed by atoms with Gasteiger partial charge in [0.2, 0.25) is 5.91 Å². The number of carbonyl (C=O) groups is 1. The van der Waals surface area contributed by atoms with Gasteiger partial charge in [0.05, 0.1) is 24.6 Å². The van der Waals surface area contributed by atoms with Gasteiger partial charge in [0.25, 0.3) is 5.56 Å². The van der Waals surface area contributed by atoms with Crippen LogP contribution in [-0.4, -0.2) is 72.0 Å². The van der Waals surface area contributed by atoms with Gasteiger partial charge in [-0.1, -0.05) is 0 Å². The summed E-state index contributed by atoms with van der Waals surface area (Å²) < 4.78 is 10.2. The Morgan fingerprint density at radius 1 is 1.29 bits per heavy atom. The maximum absolute atomic E-state index is 12.9. The zero-order valence-corrected chi connectivity index (χ0v) is 18.2. The minimum Gasteiger partial charge on any atom is -0.386 e. The van der Waals surface area contributed by atoms with Crippen molar-refractivity contribution in [2.45, 2.75) is 49.9 Å². The Labute approximate surface area is 179 Å². The van der Waals surface area contributed by atoms with Gasteiger partial charge in [-0.3, -0.25) is 18.7 Å². The molecule has 4 rings (SSSR count). The Hall–Kier alpha value is -2.50. The van der Waals surface area contributed by atoms with Crippen LogP contribution in [0.2, 0.25) is 0 Å². The third kappa shape index (κ3) is 3.50. The molecule has 170 valence electrons. The number of hydrogen-bond acceptors (Lipinski definition) is 7. The number of hydrogen-bond donors (Lipinski definition) is 2. The number of nitrogens with zero attached hydrogens (tertiary/aromatic N) is 5. The smallest absolute Gasteiger partial charge is 0.332 e. The van der Waals surface area contributed by atoms with Crippen LogP contribution >= 0.6 is 0 Å². The van der Waals surface area contributed by atoms with Crippen LogP contribution in [0.4, 0.5) is 0 Å². The second kappa shape index (κ2) is 7.57. The van der Waals surface area contributed by atoms with Crippen molar-refractivity contribution in [3.63, 3.8) is 0 Å². The predicted molar refractivity (Wildman–Crippen MR) is 113 cm³/mol. The number of nitrogens with two attached hydrogens (primary N) is 1. The number of amides is 1. The van der Waals surface area contributed by atoms with Crippen molar-refractivity contribution < 1.29 is 14.6 Å². The molecular weight excluding hydrogens is 404 g/mol. The first-order valence-electron chi connectivity index (χ1n) is 10.6. The van der Waals surface area contributed by atoms with E-state index in [0.717, 1.165) is 4.57 Å². The first-order chi connectivity index (χ1) is 14.6. The topological polar surface area (TPSA) is 138 Å². The predicted octanol–water partition coefficient (Wildman–Crippen LogP) is -1.14. The van der Waals surface area contributed by atoms with E-state index in [9.17, 15) is 19.5 Å². The molecule has 0 aromatic carbocycles. The van der Waals surface area contributed by atoms with Crippen LogP contribution in [0.5, 0.6) is 0 Å². The molecule has 2 saturated heterocycles. The summed E-state index contributed by atoms with van der Waals surface area (Å²) >= 11 is 0. The first kappa shape index (κ1) is 21.7. The molecule has 2 aromatic heterocycles. The molecule has 4 heterocycles. The van der Waals surface area contributed by atoms with Crippen LogP contribution in [0.25, 0.3) is 11.2 Å². The fourth-order valence-electron chi connectivity index (χ4n) is 4.82. The largest absolute Gasteiger partial charge is 0.386 e. The molecule has 0 saturated carbocycles. The summed E-state index contributed by atoms with van der Waals surface area (Å²) in [6.07, 6.45) is 3.59. The zero-order chi connectivity index (χ0) is 22.6. The highest BCUT2D eigenvalue weighted by atomic mass is 16.5. The van der Waals surface area contributed by atoms with Crippen molar-refractivity contribution in [1.29, 1.82) is 0 Å². The van der Waals surface area contributed by atoms with Gasteiger partial charge in [0.15, 0.2) is 11.2 Å². The number of aryl methyl sites for hydroxylation is 1. The molecule has 31 heavy (non-hydrogen) atoms. The van der Waals surface area contributed by atoms with Crippen molar-refractivity contribution in [3.8, 4) is 0 Å². The normalized spacial score (nSPS) is 26.0. The number of fused-ring (bicyclic) bond motifs is 1. The van der Waals surface area contributed by atoms with Crippen molar-refractivity contribution in [1.82, 2.24) is 23.6 Å². The van der Waals surface area contributed by atoms with Gasteiger partial charge in [-0.15, -0.1) is 0 Å². The monoisotopic (exact) mass is 434 g/mol. The molecule has 1 spiro atoms. The van der Waals surface area contributed by atoms with E-state index in [2.05, 4.69) is 4.98 Å². The summed E-state index contributed by atoms with van der Waals surface area (Å²) in [5.41, 5.74) is 3.43. The van der Waals surface area contributed by atoms with Crippen molar-refractivity contribution >= 4 is 17.1 Å². The highest BCUT2D eigenvalue weighted by molar-refractivity contribution is 5.76. The van der Waals surface area contributed by atoms with E-state index < -0.39 is 28.5 Å². The highest BCUT2D eigenvalue weighted by Crippen LogP contribution is 2.44. The summed E-state index contributed by atoms with van der Waals surface area (Å²) in [5, 5.41) is 11.1. The lowest BCUT2D eigenvalue weighted by Gasteiger charge is -2.51. The third-order valence-corrected chi connectivity index (χ3v) is 6.85. The van der Waals surface area contributed by atoms with E-state index in [1.54, 1.807) is 23.4 Å². The standard InChI is InChI=1S/C20H30N6O5/c1-19(30)11-31-20(5-8-25(9-6-20)14(27)4-7-21)10-13(19)26-12-22-16-15(26)17(28)24(3)18(29)23(16)2/h12-13,30H,4-11,21H2,1-3H3/t13-,19-/m0/s1. The number of carbonyl (C=O) groups excluding carboxylic acids is 1. The molecule has 0 aliphatic carbocycles. The molecule has 2 aliphatic rings. The molecule has 0 radical (unpaired) electrons. The molecule has 11 heteroatoms. The maximum Gasteiger partial charge on any atom is 0.332 e. The number of aliphatic hydroxyl groups is 1. The Bertz CT molecular complexity index is 1120. The Kier molecular flexibility index (Phi) is 5.31. The van der Waals surface area contributed by atoms with E-state index in [1.165, 1.54) is 17.9 Å². The Balaban J connectivity index is 1.68. The van der Waals surface area contributed by atoms with Crippen LogP contribution in [0.1, 0.15) is 38.6 Å². The van der Waals surface area contributed by atoms with Gasteiger partial charge in [-0.25, -0.2) is 9.78 Å². The number of ether oxygens (including phenoxy) is 1. The number of aromatic nitrogens is 4. The van der Waals surface area contributed by atoms with E-state index >= 15 is 0 Å². The fraction of sp³-hybridized carbons (Fsp3) is 0.700. The molecule has 3 N–H and O–H groups in total. The average Bonchev–Trinajstić information content (AvgIpc) is 3.18. The summed E-state index contributed by atoms with van der Waals surface area (Å²) in [6, 6.07) is -0.470. The van der Waals surface area contributed by atoms with E-state index in [0.29, 0.717) is 45.3 Å². The average molecular weight is 434 g/mol. The summed E-state index contributed by atoms with van der Waals surface area (Å²) in [7, 11) is 3.00. The molecule has 11 nitrogen and oxygen atoms in total. The molecule has 2 aromatic rings. The van der Waals surface area contributed by atoms with Crippen LogP contribution in [-0.2, 0) is 23.6 Å². The molecule has 0 unspecified atom stereocenters. The SMILES string of the molecule is Cn1c(=O)c2c(ncn2[C@H]2CC3(CCN(C(=O)CCN)CC3)OC[C@]2(C)O)n(C)c1=O. The van der Waals surface area contributed by atoms with Gasteiger partial charge < -0.3 is 25.0 Å². The second-order valence-corrected chi connectivity index (χ2v) is 9.00. The molecule has 2 fully saturated rings. The quantitative estimate of drug-likeness (QED) is 0.623. The van der Waals surface area contributed by atoms with E-state index in [4.69, 9.17) is 10.5 Å². The molecule has 2 atom stereocenters. The molecule has 1 amide bonds. The second-order valence-electron chi connectivity index (χ2n) is 9.00. The van der Waals surface area contributed by atoms with Crippen LogP contribution in [0, 0.1) is 0 Å². The van der Waals surface area contributed by atoms with Crippen molar-refractivity contribution in [2.24, 2.45) is 19.8 Å². The van der Waals surface area contributed by atoms with Gasteiger partial charge in [-0.2, -0.15) is 0 Å².